The number of rotatable bonds is 2. The maximum Gasteiger partial charge on any atom is 0.280 e. The first-order valence-electron chi connectivity index (χ1n) is 5.90. The molecule has 0 aliphatic carbocycles. The molecule has 0 saturated heterocycles. The number of hydrogen-bond donors (Lipinski definition) is 1. The van der Waals surface area contributed by atoms with Crippen LogP contribution in [-0.4, -0.2) is 20.2 Å². The van der Waals surface area contributed by atoms with Crippen LogP contribution in [0.15, 0.2) is 45.5 Å². The Morgan fingerprint density at radius 3 is 2.85 bits per heavy atom. The van der Waals surface area contributed by atoms with E-state index in [-0.39, 0.29) is 17.3 Å². The van der Waals surface area contributed by atoms with E-state index in [2.05, 4.69) is 31.1 Å². The predicted molar refractivity (Wildman–Crippen MR) is 77.1 cm³/mol. The molecule has 1 aromatic carbocycles. The van der Waals surface area contributed by atoms with E-state index >= 15 is 0 Å². The predicted octanol–water partition coefficient (Wildman–Crippen LogP) is 3.58. The lowest BCUT2D eigenvalue weighted by molar-refractivity contribution is 0.423. The molecule has 0 fully saturated rings. The van der Waals surface area contributed by atoms with E-state index in [1.54, 1.807) is 12.3 Å². The van der Waals surface area contributed by atoms with Crippen LogP contribution in [0.4, 0.5) is 0 Å². The van der Waals surface area contributed by atoms with Crippen LogP contribution in [0, 0.1) is 6.92 Å². The number of nitrogens with zero attached hydrogens (tertiary/aromatic N) is 3. The van der Waals surface area contributed by atoms with Crippen LogP contribution in [0.3, 0.4) is 0 Å². The van der Waals surface area contributed by atoms with Crippen molar-refractivity contribution in [3.05, 3.63) is 46.6 Å². The Morgan fingerprint density at radius 1 is 1.25 bits per heavy atom. The van der Waals surface area contributed by atoms with Crippen molar-refractivity contribution < 1.29 is 9.63 Å². The smallest absolute Gasteiger partial charge is 0.280 e. The van der Waals surface area contributed by atoms with Gasteiger partial charge in [-0.15, -0.1) is 0 Å². The van der Waals surface area contributed by atoms with Gasteiger partial charge in [0, 0.05) is 16.2 Å². The quantitative estimate of drug-likeness (QED) is 0.777. The summed E-state index contributed by atoms with van der Waals surface area (Å²) >= 11 is 3.47. The van der Waals surface area contributed by atoms with Gasteiger partial charge in [-0.2, -0.15) is 4.98 Å². The molecule has 6 heteroatoms. The molecule has 0 radical (unpaired) electrons. The van der Waals surface area contributed by atoms with Gasteiger partial charge < -0.3 is 9.63 Å². The van der Waals surface area contributed by atoms with Gasteiger partial charge in [-0.1, -0.05) is 33.2 Å². The highest BCUT2D eigenvalue weighted by Gasteiger charge is 2.15. The lowest BCUT2D eigenvalue weighted by atomic mass is 10.1. The maximum absolute atomic E-state index is 9.73. The standard InChI is InChI=1S/C14H10BrN3O2/c1-8-4-5-9(7-10(8)15)13-17-14(20-18-13)12-11(19)3-2-6-16-12/h2-7,19H,1H3. The van der Waals surface area contributed by atoms with Crippen LogP contribution >= 0.6 is 15.9 Å². The molecule has 0 aliphatic rings. The first-order chi connectivity index (χ1) is 9.65. The van der Waals surface area contributed by atoms with Gasteiger partial charge in [0.1, 0.15) is 5.75 Å². The van der Waals surface area contributed by atoms with Gasteiger partial charge in [-0.05, 0) is 30.7 Å². The molecule has 3 rings (SSSR count). The van der Waals surface area contributed by atoms with Gasteiger partial charge in [-0.25, -0.2) is 4.98 Å². The third-order valence-corrected chi connectivity index (χ3v) is 3.70. The average Bonchev–Trinajstić information content (AvgIpc) is 2.92. The van der Waals surface area contributed by atoms with Crippen LogP contribution in [0.5, 0.6) is 5.75 Å². The van der Waals surface area contributed by atoms with Crippen LogP contribution in [0.2, 0.25) is 0 Å². The van der Waals surface area contributed by atoms with E-state index in [0.717, 1.165) is 15.6 Å². The van der Waals surface area contributed by atoms with Gasteiger partial charge in [0.15, 0.2) is 5.69 Å². The Balaban J connectivity index is 2.02. The lowest BCUT2D eigenvalue weighted by Crippen LogP contribution is -1.85. The van der Waals surface area contributed by atoms with Gasteiger partial charge in [0.05, 0.1) is 0 Å². The zero-order valence-electron chi connectivity index (χ0n) is 10.5. The highest BCUT2D eigenvalue weighted by atomic mass is 79.9. The molecule has 0 aliphatic heterocycles. The second-order valence-electron chi connectivity index (χ2n) is 4.26. The van der Waals surface area contributed by atoms with Crippen molar-refractivity contribution in [2.24, 2.45) is 0 Å². The normalized spacial score (nSPS) is 10.7. The molecule has 2 aromatic heterocycles. The van der Waals surface area contributed by atoms with Crippen LogP contribution < -0.4 is 0 Å². The molecule has 100 valence electrons. The van der Waals surface area contributed by atoms with Crippen LogP contribution in [0.1, 0.15) is 5.56 Å². The number of pyridine rings is 1. The summed E-state index contributed by atoms with van der Waals surface area (Å²) in [5.74, 6) is 0.647. The van der Waals surface area contributed by atoms with Gasteiger partial charge in [0.25, 0.3) is 5.89 Å². The number of aromatic hydroxyl groups is 1. The van der Waals surface area contributed by atoms with Gasteiger partial charge in [0.2, 0.25) is 5.82 Å². The van der Waals surface area contributed by atoms with Gasteiger partial charge in [-0.3, -0.25) is 0 Å². The Hall–Kier alpha value is -2.21. The van der Waals surface area contributed by atoms with Gasteiger partial charge >= 0.3 is 0 Å². The molecule has 0 saturated carbocycles. The minimum atomic E-state index is 0.00721. The highest BCUT2D eigenvalue weighted by Crippen LogP contribution is 2.28. The van der Waals surface area contributed by atoms with Crippen LogP contribution in [0.25, 0.3) is 23.0 Å². The molecule has 0 amide bonds. The van der Waals surface area contributed by atoms with Crippen molar-refractivity contribution in [1.82, 2.24) is 15.1 Å². The van der Waals surface area contributed by atoms with Crippen molar-refractivity contribution in [3.63, 3.8) is 0 Å². The fourth-order valence-corrected chi connectivity index (χ4v) is 2.11. The number of benzene rings is 1. The average molecular weight is 332 g/mol. The SMILES string of the molecule is Cc1ccc(-c2noc(-c3ncccc3O)n2)cc1Br. The van der Waals surface area contributed by atoms with Crippen molar-refractivity contribution >= 4 is 15.9 Å². The fraction of sp³-hybridized carbons (Fsp3) is 0.0714. The third-order valence-electron chi connectivity index (χ3n) is 2.85. The molecule has 0 unspecified atom stereocenters. The van der Waals surface area contributed by atoms with Crippen molar-refractivity contribution in [1.29, 1.82) is 0 Å². The van der Waals surface area contributed by atoms with Crippen LogP contribution in [-0.2, 0) is 0 Å². The molecule has 0 atom stereocenters. The van der Waals surface area contributed by atoms with Crippen molar-refractivity contribution in [2.45, 2.75) is 6.92 Å². The van der Waals surface area contributed by atoms with E-state index in [4.69, 9.17) is 4.52 Å². The number of hydrogen-bond acceptors (Lipinski definition) is 5. The van der Waals surface area contributed by atoms with E-state index in [1.165, 1.54) is 6.07 Å². The van der Waals surface area contributed by atoms with E-state index < -0.39 is 0 Å². The monoisotopic (exact) mass is 331 g/mol. The maximum atomic E-state index is 9.73. The number of aromatic nitrogens is 3. The Labute approximate surface area is 123 Å². The summed E-state index contributed by atoms with van der Waals surface area (Å²) in [6, 6.07) is 8.95. The summed E-state index contributed by atoms with van der Waals surface area (Å²) in [4.78, 5) is 8.29. The summed E-state index contributed by atoms with van der Waals surface area (Å²) in [6.07, 6.45) is 1.56. The topological polar surface area (TPSA) is 72.0 Å². The first-order valence-corrected chi connectivity index (χ1v) is 6.69. The van der Waals surface area contributed by atoms with Crippen molar-refractivity contribution in [3.8, 4) is 28.7 Å². The number of aryl methyl sites for hydroxylation is 1. The summed E-state index contributed by atoms with van der Waals surface area (Å²) in [7, 11) is 0. The molecule has 5 nitrogen and oxygen atoms in total. The zero-order valence-corrected chi connectivity index (χ0v) is 12.1. The zero-order chi connectivity index (χ0) is 14.1. The second kappa shape index (κ2) is 5.05. The molecule has 2 heterocycles. The minimum absolute atomic E-state index is 0.00721. The molecule has 0 spiro atoms. The van der Waals surface area contributed by atoms with Crippen molar-refractivity contribution in [2.75, 3.05) is 0 Å². The minimum Gasteiger partial charge on any atom is -0.505 e. The largest absolute Gasteiger partial charge is 0.505 e. The van der Waals surface area contributed by atoms with E-state index in [1.807, 2.05) is 25.1 Å². The molecular weight excluding hydrogens is 322 g/mol. The lowest BCUT2D eigenvalue weighted by Gasteiger charge is -1.99. The number of halogens is 1. The molecule has 3 aromatic rings. The fourth-order valence-electron chi connectivity index (χ4n) is 1.73. The molecule has 20 heavy (non-hydrogen) atoms. The molecular formula is C14H10BrN3O2. The highest BCUT2D eigenvalue weighted by molar-refractivity contribution is 9.10. The third kappa shape index (κ3) is 2.30. The van der Waals surface area contributed by atoms with E-state index in [0.29, 0.717) is 5.82 Å². The second-order valence-corrected chi connectivity index (χ2v) is 5.11. The molecule has 0 bridgehead atoms. The Bertz CT molecular complexity index is 771. The summed E-state index contributed by atoms with van der Waals surface area (Å²) in [5, 5.41) is 13.6. The van der Waals surface area contributed by atoms with E-state index in [9.17, 15) is 5.11 Å². The summed E-state index contributed by atoms with van der Waals surface area (Å²) in [5.41, 5.74) is 2.23. The Morgan fingerprint density at radius 2 is 2.10 bits per heavy atom. The Kier molecular flexibility index (Phi) is 3.23. The molecule has 1 N–H and O–H groups in total. The first kappa shape index (κ1) is 12.8. The summed E-state index contributed by atoms with van der Waals surface area (Å²) in [6.45, 7) is 2.00. The summed E-state index contributed by atoms with van der Waals surface area (Å²) < 4.78 is 6.13.